The highest BCUT2D eigenvalue weighted by Gasteiger charge is 2.42. The van der Waals surface area contributed by atoms with E-state index in [-0.39, 0.29) is 29.2 Å². The fourth-order valence-corrected chi connectivity index (χ4v) is 5.38. The third kappa shape index (κ3) is 5.20. The minimum absolute atomic E-state index is 0.00574. The van der Waals surface area contributed by atoms with Crippen molar-refractivity contribution in [1.82, 2.24) is 0 Å². The van der Waals surface area contributed by atoms with Crippen LogP contribution in [0, 0.1) is 15.5 Å². The molecular weight excluding hydrogens is 498 g/mol. The summed E-state index contributed by atoms with van der Waals surface area (Å²) >= 11 is 0. The minimum atomic E-state index is -0.625. The molecule has 9 nitrogen and oxygen atoms in total. The van der Waals surface area contributed by atoms with Crippen molar-refractivity contribution < 1.29 is 24.0 Å². The van der Waals surface area contributed by atoms with Gasteiger partial charge in [-0.05, 0) is 42.2 Å². The lowest BCUT2D eigenvalue weighted by Gasteiger charge is -2.38. The number of benzene rings is 3. The summed E-state index contributed by atoms with van der Waals surface area (Å²) in [6.07, 6.45) is 1.03. The molecule has 1 N–H and O–H groups in total. The van der Waals surface area contributed by atoms with Crippen LogP contribution in [-0.4, -0.2) is 30.3 Å². The van der Waals surface area contributed by atoms with Gasteiger partial charge in [-0.25, -0.2) is 4.79 Å². The molecule has 0 saturated heterocycles. The molecule has 2 aliphatic rings. The number of nitro benzene ring substituents is 1. The maximum absolute atomic E-state index is 13.8. The first-order valence-electron chi connectivity index (χ1n) is 12.6. The molecule has 0 bridgehead atoms. The number of nitro groups is 1. The quantitative estimate of drug-likeness (QED) is 0.185. The van der Waals surface area contributed by atoms with Crippen LogP contribution in [-0.2, 0) is 9.59 Å². The van der Waals surface area contributed by atoms with Crippen LogP contribution in [0.1, 0.15) is 38.3 Å². The number of non-ortho nitro benzene ring substituents is 1. The molecule has 39 heavy (non-hydrogen) atoms. The number of esters is 1. The molecule has 0 fully saturated rings. The van der Waals surface area contributed by atoms with Crippen molar-refractivity contribution >= 4 is 28.8 Å². The highest BCUT2D eigenvalue weighted by molar-refractivity contribution is 6.02. The Kier molecular flexibility index (Phi) is 6.82. The van der Waals surface area contributed by atoms with Gasteiger partial charge in [0.05, 0.1) is 29.4 Å². The molecule has 0 unspecified atom stereocenters. The van der Waals surface area contributed by atoms with E-state index in [4.69, 9.17) is 9.47 Å². The molecule has 1 atom stereocenters. The van der Waals surface area contributed by atoms with Gasteiger partial charge in [0.25, 0.3) is 5.69 Å². The molecule has 0 radical (unpaired) electrons. The average molecular weight is 528 g/mol. The van der Waals surface area contributed by atoms with E-state index in [1.807, 2.05) is 53.4 Å². The van der Waals surface area contributed by atoms with Gasteiger partial charge in [-0.15, -0.1) is 0 Å². The van der Waals surface area contributed by atoms with Crippen molar-refractivity contribution in [2.45, 2.75) is 32.7 Å². The molecule has 0 spiro atoms. The van der Waals surface area contributed by atoms with Crippen LogP contribution in [0.3, 0.4) is 0 Å². The van der Waals surface area contributed by atoms with Gasteiger partial charge >= 0.3 is 5.97 Å². The summed E-state index contributed by atoms with van der Waals surface area (Å²) in [5.74, 6) is 0.216. The van der Waals surface area contributed by atoms with E-state index < -0.39 is 16.9 Å². The number of allylic oxidation sites excluding steroid dienone is 1. The second-order valence-electron chi connectivity index (χ2n) is 10.5. The van der Waals surface area contributed by atoms with Crippen molar-refractivity contribution in [2.75, 3.05) is 23.9 Å². The van der Waals surface area contributed by atoms with Crippen molar-refractivity contribution in [1.29, 1.82) is 0 Å². The number of hydrogen-bond donors (Lipinski definition) is 1. The number of anilines is 2. The third-order valence-corrected chi connectivity index (χ3v) is 7.02. The molecule has 0 amide bonds. The first kappa shape index (κ1) is 26.0. The summed E-state index contributed by atoms with van der Waals surface area (Å²) in [7, 11) is 1.58. The Morgan fingerprint density at radius 1 is 1.05 bits per heavy atom. The van der Waals surface area contributed by atoms with Crippen molar-refractivity contribution in [3.8, 4) is 11.5 Å². The smallest absolute Gasteiger partial charge is 0.330 e. The molecule has 9 heteroatoms. The van der Waals surface area contributed by atoms with Crippen LogP contribution in [0.25, 0.3) is 0 Å². The van der Waals surface area contributed by atoms with Gasteiger partial charge in [0.2, 0.25) is 0 Å². The van der Waals surface area contributed by atoms with Crippen molar-refractivity contribution in [3.63, 3.8) is 0 Å². The number of ketones is 1. The summed E-state index contributed by atoms with van der Waals surface area (Å²) in [6.45, 7) is 3.96. The van der Waals surface area contributed by atoms with E-state index >= 15 is 0 Å². The number of ether oxygens (including phenoxy) is 2. The van der Waals surface area contributed by atoms with Crippen LogP contribution in [0.2, 0.25) is 0 Å². The standard InChI is InChI=1S/C30H29N3O6/c1-30(2)16-23-28(25(34)17-30)29(21-8-4-7-11-26(21)38-3)32(24-10-6-5-9-22(24)31-23)18-27(35)39-20-14-12-19(13-15-20)33(36)37/h4-15,29,31H,16-18H2,1-3H3/t29-/m0/s1. The highest BCUT2D eigenvalue weighted by atomic mass is 16.6. The van der Waals surface area contributed by atoms with Crippen molar-refractivity contribution in [3.05, 3.63) is 99.7 Å². The number of Topliss-reactive ketones (excluding diaryl/α,β-unsaturated/α-hetero) is 1. The van der Waals surface area contributed by atoms with Gasteiger partial charge in [-0.3, -0.25) is 14.9 Å². The Morgan fingerprint density at radius 2 is 1.74 bits per heavy atom. The maximum Gasteiger partial charge on any atom is 0.330 e. The summed E-state index contributed by atoms with van der Waals surface area (Å²) in [5, 5.41) is 14.5. The fraction of sp³-hybridized carbons (Fsp3) is 0.267. The van der Waals surface area contributed by atoms with E-state index in [1.54, 1.807) is 7.11 Å². The van der Waals surface area contributed by atoms with Crippen LogP contribution in [0.15, 0.2) is 84.1 Å². The second-order valence-corrected chi connectivity index (χ2v) is 10.5. The SMILES string of the molecule is COc1ccccc1[C@H]1C2=C(CC(C)(C)CC2=O)Nc2ccccc2N1CC(=O)Oc1ccc([N+](=O)[O-])cc1. The fourth-order valence-electron chi connectivity index (χ4n) is 5.38. The summed E-state index contributed by atoms with van der Waals surface area (Å²) in [4.78, 5) is 39.5. The van der Waals surface area contributed by atoms with Crippen LogP contribution in [0.4, 0.5) is 17.1 Å². The number of nitrogens with zero attached hydrogens (tertiary/aromatic N) is 2. The van der Waals surface area contributed by atoms with Gasteiger partial charge < -0.3 is 19.7 Å². The highest BCUT2D eigenvalue weighted by Crippen LogP contribution is 2.49. The molecule has 1 aliphatic heterocycles. The minimum Gasteiger partial charge on any atom is -0.496 e. The van der Waals surface area contributed by atoms with E-state index in [0.29, 0.717) is 24.2 Å². The summed E-state index contributed by atoms with van der Waals surface area (Å²) < 4.78 is 11.3. The van der Waals surface area contributed by atoms with Gasteiger partial charge in [0.15, 0.2) is 5.78 Å². The molecule has 200 valence electrons. The Labute approximate surface area is 226 Å². The number of para-hydroxylation sites is 3. The third-order valence-electron chi connectivity index (χ3n) is 7.02. The molecule has 3 aromatic carbocycles. The molecule has 0 saturated carbocycles. The topological polar surface area (TPSA) is 111 Å². The van der Waals surface area contributed by atoms with Gasteiger partial charge in [0.1, 0.15) is 18.0 Å². The number of hydrogen-bond acceptors (Lipinski definition) is 8. The number of carbonyl (C=O) groups excluding carboxylic acids is 2. The zero-order valence-electron chi connectivity index (χ0n) is 22.0. The molecule has 1 heterocycles. The van der Waals surface area contributed by atoms with E-state index in [0.717, 1.165) is 22.6 Å². The first-order chi connectivity index (χ1) is 18.7. The van der Waals surface area contributed by atoms with E-state index in [9.17, 15) is 19.7 Å². The lowest BCUT2D eigenvalue weighted by Crippen LogP contribution is -2.39. The second kappa shape index (κ2) is 10.2. The van der Waals surface area contributed by atoms with E-state index in [2.05, 4.69) is 19.2 Å². The summed E-state index contributed by atoms with van der Waals surface area (Å²) in [6, 6.07) is 19.8. The Bertz CT molecular complexity index is 1480. The zero-order chi connectivity index (χ0) is 27.7. The Balaban J connectivity index is 1.61. The normalized spacial score (nSPS) is 17.9. The number of nitrogens with one attached hydrogen (secondary N) is 1. The molecular formula is C30H29N3O6. The molecule has 5 rings (SSSR count). The molecule has 1 aliphatic carbocycles. The Morgan fingerprint density at radius 3 is 2.46 bits per heavy atom. The van der Waals surface area contributed by atoms with Crippen LogP contribution in [0.5, 0.6) is 11.5 Å². The number of methoxy groups -OCH3 is 1. The Hall–Kier alpha value is -4.66. The molecule has 3 aromatic rings. The maximum atomic E-state index is 13.8. The largest absolute Gasteiger partial charge is 0.496 e. The van der Waals surface area contributed by atoms with Crippen LogP contribution < -0.4 is 19.7 Å². The lowest BCUT2D eigenvalue weighted by molar-refractivity contribution is -0.384. The van der Waals surface area contributed by atoms with Gasteiger partial charge in [0, 0.05) is 35.4 Å². The molecule has 0 aromatic heterocycles. The first-order valence-corrected chi connectivity index (χ1v) is 12.6. The summed E-state index contributed by atoms with van der Waals surface area (Å²) in [5.41, 5.74) is 3.35. The van der Waals surface area contributed by atoms with Gasteiger partial charge in [-0.1, -0.05) is 44.2 Å². The van der Waals surface area contributed by atoms with Crippen molar-refractivity contribution in [2.24, 2.45) is 5.41 Å². The number of carbonyl (C=O) groups is 2. The predicted molar refractivity (Wildman–Crippen MR) is 147 cm³/mol. The monoisotopic (exact) mass is 527 g/mol. The van der Waals surface area contributed by atoms with E-state index in [1.165, 1.54) is 24.3 Å². The number of rotatable bonds is 6. The average Bonchev–Trinajstić information content (AvgIpc) is 3.02. The number of fused-ring (bicyclic) bond motifs is 1. The lowest BCUT2D eigenvalue weighted by atomic mass is 9.73. The zero-order valence-corrected chi connectivity index (χ0v) is 22.0. The predicted octanol–water partition coefficient (Wildman–Crippen LogP) is 5.83. The van der Waals surface area contributed by atoms with Crippen LogP contribution >= 0.6 is 0 Å². The van der Waals surface area contributed by atoms with Gasteiger partial charge in [-0.2, -0.15) is 0 Å².